The Bertz CT molecular complexity index is 777. The maximum Gasteiger partial charge on any atom is 0.254 e. The first-order chi connectivity index (χ1) is 12.0. The van der Waals surface area contributed by atoms with Gasteiger partial charge < -0.3 is 22.1 Å². The van der Waals surface area contributed by atoms with Crippen LogP contribution in [-0.2, 0) is 0 Å². The molecule has 0 spiro atoms. The van der Waals surface area contributed by atoms with Gasteiger partial charge in [0.1, 0.15) is 11.4 Å². The summed E-state index contributed by atoms with van der Waals surface area (Å²) in [6.45, 7) is 2.00. The van der Waals surface area contributed by atoms with E-state index in [9.17, 15) is 4.79 Å². The molecule has 3 rings (SSSR count). The largest absolute Gasteiger partial charge is 0.365 e. The molecule has 0 aliphatic heterocycles. The van der Waals surface area contributed by atoms with E-state index in [0.29, 0.717) is 11.8 Å². The fraction of sp³-hybridized carbons (Fsp3) is 0.389. The van der Waals surface area contributed by atoms with Crippen molar-refractivity contribution in [2.75, 3.05) is 10.6 Å². The van der Waals surface area contributed by atoms with Crippen LogP contribution in [0, 0.1) is 6.92 Å². The molecule has 156 valence electrons. The molecule has 6 N–H and O–H groups in total. The Morgan fingerprint density at radius 1 is 1.18 bits per heavy atom. The number of rotatable bonds is 5. The molecular formula is C18H27Cl3N6O. The monoisotopic (exact) mass is 448 g/mol. The second-order valence-corrected chi connectivity index (χ2v) is 6.51. The fourth-order valence-corrected chi connectivity index (χ4v) is 3.09. The summed E-state index contributed by atoms with van der Waals surface area (Å²) in [4.78, 5) is 20.4. The first kappa shape index (κ1) is 26.2. The van der Waals surface area contributed by atoms with Gasteiger partial charge in [0.15, 0.2) is 0 Å². The van der Waals surface area contributed by atoms with Gasteiger partial charge in [-0.2, -0.15) is 4.98 Å². The van der Waals surface area contributed by atoms with Crippen LogP contribution >= 0.6 is 37.2 Å². The zero-order chi connectivity index (χ0) is 17.8. The van der Waals surface area contributed by atoms with Crippen LogP contribution in [0.25, 0.3) is 0 Å². The van der Waals surface area contributed by atoms with Crippen molar-refractivity contribution in [1.29, 1.82) is 0 Å². The highest BCUT2D eigenvalue weighted by atomic mass is 35.5. The maximum atomic E-state index is 11.7. The van der Waals surface area contributed by atoms with Crippen molar-refractivity contribution in [2.45, 2.75) is 44.7 Å². The van der Waals surface area contributed by atoms with E-state index < -0.39 is 5.91 Å². The summed E-state index contributed by atoms with van der Waals surface area (Å²) in [5.41, 5.74) is 13.8. The molecule has 1 saturated carbocycles. The average molecular weight is 450 g/mol. The smallest absolute Gasteiger partial charge is 0.254 e. The van der Waals surface area contributed by atoms with Crippen LogP contribution < -0.4 is 22.1 Å². The Morgan fingerprint density at radius 3 is 2.54 bits per heavy atom. The van der Waals surface area contributed by atoms with Gasteiger partial charge in [-0.15, -0.1) is 37.2 Å². The number of nitrogens with two attached hydrogens (primary N) is 2. The Labute approximate surface area is 183 Å². The van der Waals surface area contributed by atoms with Crippen molar-refractivity contribution in [2.24, 2.45) is 11.5 Å². The predicted molar refractivity (Wildman–Crippen MR) is 121 cm³/mol. The predicted octanol–water partition coefficient (Wildman–Crippen LogP) is 3.57. The summed E-state index contributed by atoms with van der Waals surface area (Å²) in [7, 11) is 0. The maximum absolute atomic E-state index is 11.7. The van der Waals surface area contributed by atoms with Crippen molar-refractivity contribution < 1.29 is 4.79 Å². The van der Waals surface area contributed by atoms with Crippen molar-refractivity contribution in [3.8, 4) is 0 Å². The molecule has 1 aromatic carbocycles. The van der Waals surface area contributed by atoms with Gasteiger partial charge in [0.25, 0.3) is 5.91 Å². The summed E-state index contributed by atoms with van der Waals surface area (Å²) in [5, 5.41) is 6.46. The number of hydrogen-bond donors (Lipinski definition) is 4. The van der Waals surface area contributed by atoms with Crippen LogP contribution in [0.3, 0.4) is 0 Å². The highest BCUT2D eigenvalue weighted by Gasteiger charge is 2.23. The van der Waals surface area contributed by atoms with Crippen LogP contribution in [0.4, 0.5) is 17.5 Å². The summed E-state index contributed by atoms with van der Waals surface area (Å²) >= 11 is 0. The van der Waals surface area contributed by atoms with Crippen LogP contribution in [0.15, 0.2) is 30.5 Å². The number of primary amides is 1. The SMILES string of the molecule is Cc1cccc(Nc2nc(N[C@@H]3CCCC[C@@H]3N)ncc2C(N)=O)c1.Cl.Cl.Cl. The van der Waals surface area contributed by atoms with E-state index in [1.165, 1.54) is 6.20 Å². The molecule has 2 aromatic rings. The van der Waals surface area contributed by atoms with Crippen LogP contribution in [0.5, 0.6) is 0 Å². The van der Waals surface area contributed by atoms with Gasteiger partial charge in [0, 0.05) is 24.0 Å². The van der Waals surface area contributed by atoms with E-state index in [2.05, 4.69) is 20.6 Å². The van der Waals surface area contributed by atoms with E-state index in [1.54, 1.807) is 0 Å². The third-order valence-electron chi connectivity index (χ3n) is 4.47. The molecular weight excluding hydrogens is 423 g/mol. The molecule has 10 heteroatoms. The lowest BCUT2D eigenvalue weighted by Crippen LogP contribution is -2.43. The number of hydrogen-bond acceptors (Lipinski definition) is 6. The van der Waals surface area contributed by atoms with Crippen molar-refractivity contribution >= 4 is 60.6 Å². The molecule has 0 radical (unpaired) electrons. The van der Waals surface area contributed by atoms with E-state index >= 15 is 0 Å². The number of halogens is 3. The summed E-state index contributed by atoms with van der Waals surface area (Å²) in [6, 6.07) is 8.03. The molecule has 0 saturated heterocycles. The van der Waals surface area contributed by atoms with Gasteiger partial charge in [-0.1, -0.05) is 25.0 Å². The van der Waals surface area contributed by atoms with Crippen LogP contribution in [0.2, 0.25) is 0 Å². The highest BCUT2D eigenvalue weighted by Crippen LogP contribution is 2.23. The summed E-state index contributed by atoms with van der Waals surface area (Å²) in [5.74, 6) is 0.263. The Balaban J connectivity index is 0.00000243. The van der Waals surface area contributed by atoms with Gasteiger partial charge in [0.05, 0.1) is 0 Å². The minimum Gasteiger partial charge on any atom is -0.365 e. The first-order valence-corrected chi connectivity index (χ1v) is 8.55. The van der Waals surface area contributed by atoms with Crippen LogP contribution in [-0.4, -0.2) is 28.0 Å². The van der Waals surface area contributed by atoms with Crippen LogP contribution in [0.1, 0.15) is 41.6 Å². The lowest BCUT2D eigenvalue weighted by Gasteiger charge is -2.29. The van der Waals surface area contributed by atoms with Gasteiger partial charge in [-0.25, -0.2) is 4.98 Å². The van der Waals surface area contributed by atoms with Crippen molar-refractivity contribution in [3.05, 3.63) is 41.6 Å². The molecule has 1 aliphatic rings. The topological polar surface area (TPSA) is 119 Å². The Kier molecular flexibility index (Phi) is 11.1. The number of carbonyl (C=O) groups is 1. The number of nitrogens with one attached hydrogen (secondary N) is 2. The average Bonchev–Trinajstić information content (AvgIpc) is 2.57. The number of aryl methyl sites for hydroxylation is 1. The molecule has 1 amide bonds. The zero-order valence-electron chi connectivity index (χ0n) is 15.6. The second kappa shape index (κ2) is 11.9. The lowest BCUT2D eigenvalue weighted by atomic mass is 9.91. The van der Waals surface area contributed by atoms with Gasteiger partial charge in [-0.05, 0) is 37.5 Å². The fourth-order valence-electron chi connectivity index (χ4n) is 3.09. The number of anilines is 3. The number of carbonyl (C=O) groups excluding carboxylic acids is 1. The molecule has 1 aliphatic carbocycles. The van der Waals surface area contributed by atoms with Gasteiger partial charge in [0.2, 0.25) is 5.95 Å². The van der Waals surface area contributed by atoms with Crippen molar-refractivity contribution in [3.63, 3.8) is 0 Å². The van der Waals surface area contributed by atoms with Gasteiger partial charge in [-0.3, -0.25) is 4.79 Å². The van der Waals surface area contributed by atoms with Gasteiger partial charge >= 0.3 is 0 Å². The van der Waals surface area contributed by atoms with E-state index in [1.807, 2.05) is 31.2 Å². The molecule has 28 heavy (non-hydrogen) atoms. The molecule has 1 aromatic heterocycles. The molecule has 2 atom stereocenters. The van der Waals surface area contributed by atoms with Crippen molar-refractivity contribution in [1.82, 2.24) is 9.97 Å². The molecule has 1 heterocycles. The molecule has 1 fully saturated rings. The lowest BCUT2D eigenvalue weighted by molar-refractivity contribution is 0.100. The third kappa shape index (κ3) is 6.67. The quantitative estimate of drug-likeness (QED) is 0.554. The second-order valence-electron chi connectivity index (χ2n) is 6.51. The Morgan fingerprint density at radius 2 is 1.89 bits per heavy atom. The first-order valence-electron chi connectivity index (χ1n) is 8.55. The molecule has 7 nitrogen and oxygen atoms in total. The summed E-state index contributed by atoms with van der Waals surface area (Å²) in [6.07, 6.45) is 5.72. The normalized spacial score (nSPS) is 17.9. The number of amides is 1. The Hall–Kier alpha value is -1.80. The highest BCUT2D eigenvalue weighted by molar-refractivity contribution is 5.98. The molecule has 0 unspecified atom stereocenters. The number of benzene rings is 1. The van der Waals surface area contributed by atoms with E-state index in [4.69, 9.17) is 11.5 Å². The summed E-state index contributed by atoms with van der Waals surface area (Å²) < 4.78 is 0. The third-order valence-corrected chi connectivity index (χ3v) is 4.47. The zero-order valence-corrected chi connectivity index (χ0v) is 18.0. The molecule has 0 bridgehead atoms. The van der Waals surface area contributed by atoms with E-state index in [0.717, 1.165) is 36.9 Å². The number of aromatic nitrogens is 2. The minimum atomic E-state index is -0.573. The number of nitrogens with zero attached hydrogens (tertiary/aromatic N) is 2. The van der Waals surface area contributed by atoms with E-state index in [-0.39, 0.29) is 54.9 Å². The minimum absolute atomic E-state index is 0. The standard InChI is InChI=1S/C18H24N6O.3ClH/c1-11-5-4-6-12(9-11)22-17-13(16(20)25)10-21-18(24-17)23-15-8-3-2-7-14(15)19;;;/h4-6,9-10,14-15H,2-3,7-8,19H2,1H3,(H2,20,25)(H2,21,22,23,24);3*1H/t14-,15+;;;/m0.../s1.